The van der Waals surface area contributed by atoms with Crippen LogP contribution in [0, 0.1) is 0 Å². The first kappa shape index (κ1) is 98.6. The van der Waals surface area contributed by atoms with E-state index in [0.29, 0.717) is 75.6 Å². The summed E-state index contributed by atoms with van der Waals surface area (Å²) in [5, 5.41) is 29.9. The van der Waals surface area contributed by atoms with E-state index < -0.39 is 108 Å². The Bertz CT molecular complexity index is 3340. The normalized spacial score (nSPS) is 14.9. The van der Waals surface area contributed by atoms with E-state index in [4.69, 9.17) is 27.7 Å². The summed E-state index contributed by atoms with van der Waals surface area (Å²) in [7, 11) is 0. The van der Waals surface area contributed by atoms with Gasteiger partial charge in [-0.15, -0.1) is 0 Å². The third-order valence-electron chi connectivity index (χ3n) is 20.7. The lowest BCUT2D eigenvalue weighted by Crippen LogP contribution is -2.60. The van der Waals surface area contributed by atoms with Crippen molar-refractivity contribution >= 4 is 81.8 Å². The monoisotopic (exact) mass is 1610 g/mol. The van der Waals surface area contributed by atoms with Crippen LogP contribution in [0.1, 0.15) is 283 Å². The average Bonchev–Trinajstić information content (AvgIpc) is 1.67. The van der Waals surface area contributed by atoms with E-state index in [1.807, 2.05) is 31.2 Å². The number of hydrazine groups is 1. The van der Waals surface area contributed by atoms with Crippen molar-refractivity contribution in [3.05, 3.63) is 71.9 Å². The minimum atomic E-state index is -1.51. The lowest BCUT2D eigenvalue weighted by atomic mass is 10.0. The van der Waals surface area contributed by atoms with Gasteiger partial charge in [-0.05, 0) is 94.9 Å². The van der Waals surface area contributed by atoms with Crippen molar-refractivity contribution in [1.29, 1.82) is 0 Å². The van der Waals surface area contributed by atoms with Gasteiger partial charge in [0.2, 0.25) is 65.6 Å². The van der Waals surface area contributed by atoms with E-state index in [0.717, 1.165) is 54.4 Å². The van der Waals surface area contributed by atoms with Crippen LogP contribution in [0.5, 0.6) is 0 Å². The van der Waals surface area contributed by atoms with Crippen LogP contribution >= 0.6 is 0 Å². The molecule has 0 aliphatic carbocycles. The number of rotatable bonds is 67. The molecule has 1 aliphatic heterocycles. The zero-order valence-corrected chi connectivity index (χ0v) is 69.7. The molecule has 0 bridgehead atoms. The number of primary amides is 1. The predicted octanol–water partition coefficient (Wildman–Crippen LogP) is 7.44. The van der Waals surface area contributed by atoms with Crippen LogP contribution in [0.25, 0.3) is 10.9 Å². The fourth-order valence-electron chi connectivity index (χ4n) is 13.8. The van der Waals surface area contributed by atoms with E-state index in [9.17, 15) is 52.7 Å². The number of amides is 11. The number of para-hydroxylation sites is 1. The quantitative estimate of drug-likeness (QED) is 0.0148. The lowest BCUT2D eigenvalue weighted by molar-refractivity contribution is -0.144. The molecule has 1 aliphatic rings. The summed E-state index contributed by atoms with van der Waals surface area (Å²) in [6.45, 7) is 8.44. The van der Waals surface area contributed by atoms with Crippen molar-refractivity contribution in [3.63, 3.8) is 0 Å². The highest BCUT2D eigenvalue weighted by molar-refractivity contribution is 5.97. The fourth-order valence-corrected chi connectivity index (χ4v) is 13.8. The van der Waals surface area contributed by atoms with Crippen LogP contribution in [-0.4, -0.2) is 175 Å². The van der Waals surface area contributed by atoms with Gasteiger partial charge in [-0.2, -0.15) is 5.01 Å². The molecule has 3 aromatic rings. The summed E-state index contributed by atoms with van der Waals surface area (Å²) in [6.07, 6.45) is 34.0. The van der Waals surface area contributed by atoms with Gasteiger partial charge in [0.05, 0.1) is 6.54 Å². The third kappa shape index (κ3) is 43.2. The van der Waals surface area contributed by atoms with Crippen molar-refractivity contribution in [2.75, 3.05) is 45.8 Å². The highest BCUT2D eigenvalue weighted by atomic mass is 16.6. The lowest BCUT2D eigenvalue weighted by Gasteiger charge is -2.27. The first-order chi connectivity index (χ1) is 55.7. The maximum absolute atomic E-state index is 14.7. The number of benzene rings is 2. The Morgan fingerprint density at radius 2 is 0.887 bits per heavy atom. The predicted molar refractivity (Wildman–Crippen MR) is 451 cm³/mol. The summed E-state index contributed by atoms with van der Waals surface area (Å²) < 4.78 is 5.99. The number of H-pyrrole nitrogens is 1. The fraction of sp³-hybridized carbons (Fsp3) is 0.694. The first-order valence-electron chi connectivity index (χ1n) is 43.4. The van der Waals surface area contributed by atoms with Gasteiger partial charge in [-0.25, -0.2) is 5.43 Å². The summed E-state index contributed by atoms with van der Waals surface area (Å²) in [6, 6.07) is 8.57. The third-order valence-corrected chi connectivity index (χ3v) is 20.7. The van der Waals surface area contributed by atoms with E-state index in [-0.39, 0.29) is 82.5 Å². The molecule has 1 fully saturated rings. The Morgan fingerprint density at radius 1 is 0.443 bits per heavy atom. The number of ether oxygens (including phenoxy) is 1. The summed E-state index contributed by atoms with van der Waals surface area (Å²) in [5.41, 5.74) is 27.9. The Balaban J connectivity index is 1.40. The topological polar surface area (TPSA) is 465 Å². The van der Waals surface area contributed by atoms with Crippen LogP contribution < -0.4 is 81.5 Å². The summed E-state index contributed by atoms with van der Waals surface area (Å²) >= 11 is 0. The van der Waals surface area contributed by atoms with E-state index in [1.165, 1.54) is 135 Å². The molecule has 1 aromatic heterocycles. The van der Waals surface area contributed by atoms with Crippen LogP contribution in [0.4, 0.5) is 0 Å². The molecule has 30 heteroatoms. The molecule has 0 spiro atoms. The van der Waals surface area contributed by atoms with Crippen molar-refractivity contribution in [3.8, 4) is 0 Å². The van der Waals surface area contributed by atoms with Crippen molar-refractivity contribution < 1.29 is 57.5 Å². The molecule has 0 radical (unpaired) electrons. The maximum atomic E-state index is 14.7. The highest BCUT2D eigenvalue weighted by Gasteiger charge is 2.42. The number of fused-ring (bicyclic) bond motifs is 1. The number of aliphatic imine (C=N–C) groups is 1. The number of guanidine groups is 1. The van der Waals surface area contributed by atoms with Crippen LogP contribution in [0.3, 0.4) is 0 Å². The Hall–Kier alpha value is -8.74. The zero-order valence-electron chi connectivity index (χ0n) is 69.7. The Kier molecular flexibility index (Phi) is 52.1. The number of hydrogen-bond donors (Lipinski definition) is 16. The van der Waals surface area contributed by atoms with Gasteiger partial charge in [0.15, 0.2) is 5.96 Å². The second kappa shape index (κ2) is 60.7. The number of nitrogens with one attached hydrogen (secondary N) is 12. The van der Waals surface area contributed by atoms with Gasteiger partial charge in [0, 0.05) is 75.5 Å². The second-order valence-corrected chi connectivity index (χ2v) is 30.7. The molecule has 115 heavy (non-hydrogen) atoms. The number of hydrogen-bond acceptors (Lipinski definition) is 16. The van der Waals surface area contributed by atoms with Crippen LogP contribution in [-0.2, 0) is 70.3 Å². The number of unbranched alkanes of at least 4 members (excludes halogenated alkanes) is 26. The van der Waals surface area contributed by atoms with E-state index in [2.05, 4.69) is 82.4 Å². The molecule has 1 saturated heterocycles. The molecule has 20 N–H and O–H groups in total. The molecular formula is C85H144N18O12. The van der Waals surface area contributed by atoms with Crippen molar-refractivity contribution in [2.45, 2.75) is 333 Å². The molecule has 646 valence electrons. The van der Waals surface area contributed by atoms with Crippen molar-refractivity contribution in [2.24, 2.45) is 27.9 Å². The van der Waals surface area contributed by atoms with E-state index >= 15 is 0 Å². The maximum Gasteiger partial charge on any atom is 0.265 e. The molecular weight excluding hydrogens is 1470 g/mol. The number of carbonyl (C=O) groups is 11. The molecule has 11 amide bonds. The van der Waals surface area contributed by atoms with Gasteiger partial charge in [0.25, 0.3) is 11.8 Å². The average molecular weight is 1610 g/mol. The van der Waals surface area contributed by atoms with Gasteiger partial charge < -0.3 is 85.8 Å². The molecule has 8 atom stereocenters. The highest BCUT2D eigenvalue weighted by Crippen LogP contribution is 2.21. The minimum Gasteiger partial charge on any atom is -0.370 e. The van der Waals surface area contributed by atoms with Crippen LogP contribution in [0.2, 0.25) is 0 Å². The largest absolute Gasteiger partial charge is 0.370 e. The van der Waals surface area contributed by atoms with E-state index in [1.54, 1.807) is 36.5 Å². The number of nitrogens with two attached hydrogens (primary N) is 4. The summed E-state index contributed by atoms with van der Waals surface area (Å²) in [4.78, 5) is 159. The van der Waals surface area contributed by atoms with Gasteiger partial charge in [0.1, 0.15) is 36.3 Å². The number of carbonyl (C=O) groups excluding carboxylic acids is 11. The Labute approximate surface area is 683 Å². The molecule has 4 rings (SSSR count). The van der Waals surface area contributed by atoms with Crippen LogP contribution in [0.15, 0.2) is 65.8 Å². The molecule has 2 aromatic carbocycles. The van der Waals surface area contributed by atoms with Gasteiger partial charge >= 0.3 is 0 Å². The van der Waals surface area contributed by atoms with Gasteiger partial charge in [-0.3, -0.25) is 57.7 Å². The summed E-state index contributed by atoms with van der Waals surface area (Å²) in [5.74, 6) is -7.00. The zero-order chi connectivity index (χ0) is 83.6. The van der Waals surface area contributed by atoms with Crippen molar-refractivity contribution in [1.82, 2.24) is 68.6 Å². The molecule has 0 saturated carbocycles. The van der Waals surface area contributed by atoms with Gasteiger partial charge in [-0.1, -0.05) is 236 Å². The minimum absolute atomic E-state index is 0.0112. The standard InChI is InChI=1S/C85H144N18O12/c1-5-8-11-13-15-17-19-21-23-25-27-29-34-50-72(104)90-54-41-56-92-81(113)83-102-103(84(115-83)82(114)93-57-42-55-91-73(105)51-35-30-28-26-24-22-20-18-16-14-12-9-6-2)61-74(106)97-67(46-10-7-3)77(109)96-62(4)76(108)98-68(48-38-39-52-86)79(111)101-71(58-63-43-32-31-33-44-63)80(112)99-69(49-40-53-94-85(88)89)78(110)100-70(75(87)107)59-64-60-95-66-47-37-36-45-65(64)66/h31-33,36-37,43-45,47,60,62,67-71,83-84,95,102H,5-30,34-35,38-42,46,48-59,61,86H2,1-4H3,(H2,87,107)(H,90,104)(H,91,105)(H,92,113)(H,93,114)(H,96,109)(H,97,106)(H,98,108)(H,99,112)(H,100,110)(H,101,111)(H4,88,89,94)/t62-,67-,68-,69-,70-,71+,83?,84?/m0/s1. The Morgan fingerprint density at radius 3 is 1.42 bits per heavy atom. The smallest absolute Gasteiger partial charge is 0.265 e. The molecule has 2 unspecified atom stereocenters. The first-order valence-corrected chi connectivity index (χ1v) is 43.4. The molecule has 2 heterocycles. The number of nitrogens with zero attached hydrogens (tertiary/aromatic N) is 2. The second-order valence-electron chi connectivity index (χ2n) is 30.7. The number of aromatic nitrogens is 1. The SMILES string of the molecule is CCCCCCCCCCCCCCCC(=O)NCCCNC(=O)C1NN(CC(=O)N[C@@H](CCCC)C(=O)N[C@@H](C)C(=O)N[C@@H](CCCCN)C(=O)N[C@H](Cc2ccccc2)C(=O)N[C@@H](CCCN=C(N)N)C(=O)N[C@@H](Cc2c[nH]c3ccccc23)C(N)=O)C(C(=O)NCCCNC(=O)CCCCCCCCCCCCCCC)O1. The molecule has 30 nitrogen and oxygen atoms in total. The number of aromatic amines is 1.